The topological polar surface area (TPSA) is 55.4 Å². The third-order valence-electron chi connectivity index (χ3n) is 3.67. The van der Waals surface area contributed by atoms with E-state index in [0.717, 1.165) is 0 Å². The van der Waals surface area contributed by atoms with E-state index < -0.39 is 17.7 Å². The lowest BCUT2D eigenvalue weighted by Crippen LogP contribution is -2.28. The van der Waals surface area contributed by atoms with Crippen LogP contribution in [0.3, 0.4) is 0 Å². The largest absolute Gasteiger partial charge is 0.460 e. The molecule has 1 atom stereocenters. The highest BCUT2D eigenvalue weighted by atomic mass is 35.5. The first-order chi connectivity index (χ1) is 11.0. The number of ether oxygens (including phenoxy) is 1. The van der Waals surface area contributed by atoms with Gasteiger partial charge in [-0.05, 0) is 23.8 Å². The van der Waals surface area contributed by atoms with Gasteiger partial charge in [0.25, 0.3) is 0 Å². The van der Waals surface area contributed by atoms with Crippen molar-refractivity contribution in [3.05, 3.63) is 64.4 Å². The van der Waals surface area contributed by atoms with E-state index in [0.29, 0.717) is 21.8 Å². The van der Waals surface area contributed by atoms with Gasteiger partial charge in [0, 0.05) is 22.7 Å². The molecule has 0 spiro atoms. The number of hydrogen-bond donors (Lipinski definition) is 1. The van der Waals surface area contributed by atoms with E-state index >= 15 is 0 Å². The Balaban J connectivity index is 1.78. The van der Waals surface area contributed by atoms with Gasteiger partial charge < -0.3 is 10.1 Å². The second kappa shape index (κ2) is 6.38. The van der Waals surface area contributed by atoms with E-state index in [1.165, 1.54) is 18.2 Å². The average Bonchev–Trinajstić information content (AvgIpc) is 2.52. The Kier molecular flexibility index (Phi) is 4.30. The SMILES string of the molecule is O=C1CC(C(=O)OCc2ccccc2Cl)c2ccc(F)cc2N1. The Morgan fingerprint density at radius 1 is 1.30 bits per heavy atom. The lowest BCUT2D eigenvalue weighted by Gasteiger charge is -2.24. The smallest absolute Gasteiger partial charge is 0.314 e. The zero-order valence-electron chi connectivity index (χ0n) is 12.0. The fourth-order valence-corrected chi connectivity index (χ4v) is 2.70. The number of amides is 1. The number of nitrogens with one attached hydrogen (secondary N) is 1. The van der Waals surface area contributed by atoms with Crippen molar-refractivity contribution >= 4 is 29.2 Å². The zero-order chi connectivity index (χ0) is 16.4. The maximum atomic E-state index is 13.3. The summed E-state index contributed by atoms with van der Waals surface area (Å²) in [5.41, 5.74) is 1.54. The van der Waals surface area contributed by atoms with E-state index in [9.17, 15) is 14.0 Å². The Morgan fingerprint density at radius 2 is 2.09 bits per heavy atom. The molecule has 0 fully saturated rings. The van der Waals surface area contributed by atoms with Crippen LogP contribution in [-0.2, 0) is 20.9 Å². The van der Waals surface area contributed by atoms with Gasteiger partial charge in [0.15, 0.2) is 0 Å². The molecule has 1 N–H and O–H groups in total. The molecule has 0 saturated heterocycles. The minimum Gasteiger partial charge on any atom is -0.460 e. The molecule has 6 heteroatoms. The van der Waals surface area contributed by atoms with Crippen LogP contribution in [0.2, 0.25) is 5.02 Å². The summed E-state index contributed by atoms with van der Waals surface area (Å²) in [4.78, 5) is 24.1. The van der Waals surface area contributed by atoms with Crippen molar-refractivity contribution in [1.29, 1.82) is 0 Å². The summed E-state index contributed by atoms with van der Waals surface area (Å²) in [6, 6.07) is 11.0. The molecule has 1 aliphatic heterocycles. The predicted octanol–water partition coefficient (Wildman–Crippen LogP) is 3.65. The number of fused-ring (bicyclic) bond motifs is 1. The molecule has 0 radical (unpaired) electrons. The van der Waals surface area contributed by atoms with E-state index in [1.807, 2.05) is 0 Å². The molecule has 1 heterocycles. The maximum Gasteiger partial charge on any atom is 0.314 e. The Labute approximate surface area is 137 Å². The monoisotopic (exact) mass is 333 g/mol. The first kappa shape index (κ1) is 15.5. The number of carbonyl (C=O) groups is 2. The van der Waals surface area contributed by atoms with Crippen LogP contribution in [0.15, 0.2) is 42.5 Å². The molecule has 2 aromatic rings. The molecule has 0 aromatic heterocycles. The number of hydrogen-bond acceptors (Lipinski definition) is 3. The van der Waals surface area contributed by atoms with Crippen molar-refractivity contribution < 1.29 is 18.7 Å². The molecule has 4 nitrogen and oxygen atoms in total. The van der Waals surface area contributed by atoms with Crippen LogP contribution >= 0.6 is 11.6 Å². The molecule has 1 unspecified atom stereocenters. The Hall–Kier alpha value is -2.40. The maximum absolute atomic E-state index is 13.3. The normalized spacial score (nSPS) is 16.4. The van der Waals surface area contributed by atoms with Crippen LogP contribution in [0.5, 0.6) is 0 Å². The lowest BCUT2D eigenvalue weighted by atomic mass is 9.90. The minimum absolute atomic E-state index is 0.0210. The molecule has 0 saturated carbocycles. The van der Waals surface area contributed by atoms with Crippen molar-refractivity contribution in [2.24, 2.45) is 0 Å². The summed E-state index contributed by atoms with van der Waals surface area (Å²) in [6.07, 6.45) is -0.0278. The van der Waals surface area contributed by atoms with Crippen LogP contribution < -0.4 is 5.32 Å². The molecule has 0 aliphatic carbocycles. The summed E-state index contributed by atoms with van der Waals surface area (Å²) in [5, 5.41) is 3.06. The molecule has 23 heavy (non-hydrogen) atoms. The average molecular weight is 334 g/mol. The van der Waals surface area contributed by atoms with Crippen LogP contribution in [0.4, 0.5) is 10.1 Å². The Morgan fingerprint density at radius 3 is 2.87 bits per heavy atom. The second-order valence-electron chi connectivity index (χ2n) is 5.24. The molecule has 2 aromatic carbocycles. The molecule has 0 bridgehead atoms. The third kappa shape index (κ3) is 3.35. The van der Waals surface area contributed by atoms with Crippen LogP contribution in [0.1, 0.15) is 23.5 Å². The van der Waals surface area contributed by atoms with Gasteiger partial charge in [0.05, 0.1) is 5.92 Å². The molecule has 3 rings (SSSR count). The lowest BCUT2D eigenvalue weighted by molar-refractivity contribution is -0.148. The van der Waals surface area contributed by atoms with E-state index in [4.69, 9.17) is 16.3 Å². The van der Waals surface area contributed by atoms with Crippen LogP contribution in [0.25, 0.3) is 0 Å². The van der Waals surface area contributed by atoms with Gasteiger partial charge in [-0.25, -0.2) is 4.39 Å². The summed E-state index contributed by atoms with van der Waals surface area (Å²) in [6.45, 7) is 0.0210. The molecular formula is C17H13ClFNO3. The quantitative estimate of drug-likeness (QED) is 0.872. The zero-order valence-corrected chi connectivity index (χ0v) is 12.8. The van der Waals surface area contributed by atoms with Crippen molar-refractivity contribution in [3.63, 3.8) is 0 Å². The van der Waals surface area contributed by atoms with E-state index in [1.54, 1.807) is 24.3 Å². The molecule has 1 aliphatic rings. The van der Waals surface area contributed by atoms with Crippen LogP contribution in [0, 0.1) is 5.82 Å². The van der Waals surface area contributed by atoms with Gasteiger partial charge in [-0.3, -0.25) is 9.59 Å². The van der Waals surface area contributed by atoms with Crippen molar-refractivity contribution in [1.82, 2.24) is 0 Å². The number of anilines is 1. The number of carbonyl (C=O) groups excluding carboxylic acids is 2. The van der Waals surface area contributed by atoms with E-state index in [2.05, 4.69) is 5.32 Å². The number of rotatable bonds is 3. The van der Waals surface area contributed by atoms with Gasteiger partial charge in [0.1, 0.15) is 12.4 Å². The first-order valence-electron chi connectivity index (χ1n) is 7.04. The Bertz CT molecular complexity index is 778. The number of esters is 1. The summed E-state index contributed by atoms with van der Waals surface area (Å²) >= 11 is 6.02. The van der Waals surface area contributed by atoms with Crippen LogP contribution in [-0.4, -0.2) is 11.9 Å². The molecular weight excluding hydrogens is 321 g/mol. The number of halogens is 2. The fraction of sp³-hybridized carbons (Fsp3) is 0.176. The van der Waals surface area contributed by atoms with Gasteiger partial charge in [0.2, 0.25) is 5.91 Å². The first-order valence-corrected chi connectivity index (χ1v) is 7.42. The van der Waals surface area contributed by atoms with Gasteiger partial charge in [-0.15, -0.1) is 0 Å². The van der Waals surface area contributed by atoms with Gasteiger partial charge in [-0.2, -0.15) is 0 Å². The highest BCUT2D eigenvalue weighted by molar-refractivity contribution is 6.31. The van der Waals surface area contributed by atoms with Crippen molar-refractivity contribution in [2.45, 2.75) is 18.9 Å². The highest BCUT2D eigenvalue weighted by Crippen LogP contribution is 2.33. The fourth-order valence-electron chi connectivity index (χ4n) is 2.51. The molecule has 118 valence electrons. The minimum atomic E-state index is -0.748. The van der Waals surface area contributed by atoms with Crippen molar-refractivity contribution in [2.75, 3.05) is 5.32 Å². The van der Waals surface area contributed by atoms with E-state index in [-0.39, 0.29) is 18.9 Å². The predicted molar refractivity (Wildman–Crippen MR) is 83.6 cm³/mol. The standard InChI is InChI=1S/C17H13ClFNO3/c18-14-4-2-1-3-10(14)9-23-17(22)13-8-16(21)20-15-7-11(19)5-6-12(13)15/h1-7,13H,8-9H2,(H,20,21). The number of benzene rings is 2. The summed E-state index contributed by atoms with van der Waals surface area (Å²) in [7, 11) is 0. The van der Waals surface area contributed by atoms with Crippen molar-refractivity contribution in [3.8, 4) is 0 Å². The molecule has 1 amide bonds. The highest BCUT2D eigenvalue weighted by Gasteiger charge is 2.32. The third-order valence-corrected chi connectivity index (χ3v) is 4.04. The summed E-state index contributed by atoms with van der Waals surface area (Å²) in [5.74, 6) is -2.11. The van der Waals surface area contributed by atoms with Gasteiger partial charge >= 0.3 is 5.97 Å². The summed E-state index contributed by atoms with van der Waals surface area (Å²) < 4.78 is 18.6. The second-order valence-corrected chi connectivity index (χ2v) is 5.64. The van der Waals surface area contributed by atoms with Gasteiger partial charge in [-0.1, -0.05) is 35.9 Å².